The van der Waals surface area contributed by atoms with Crippen LogP contribution in [0.15, 0.2) is 42.5 Å². The first kappa shape index (κ1) is 15.5. The van der Waals surface area contributed by atoms with E-state index in [1.165, 1.54) is 33.3 Å². The number of pyridine rings is 1. The highest BCUT2D eigenvalue weighted by Gasteiger charge is 2.10. The second-order valence-electron chi connectivity index (χ2n) is 6.56. The van der Waals surface area contributed by atoms with Crippen molar-refractivity contribution in [1.82, 2.24) is 4.98 Å². The first-order chi connectivity index (χ1) is 11.0. The molecule has 0 aliphatic carbocycles. The molecule has 0 atom stereocenters. The molecular weight excluding hydrogens is 280 g/mol. The highest BCUT2D eigenvalue weighted by molar-refractivity contribution is 5.84. The molecule has 3 rings (SSSR count). The summed E-state index contributed by atoms with van der Waals surface area (Å²) in [6, 6.07) is 15.3. The van der Waals surface area contributed by atoms with Gasteiger partial charge in [-0.25, -0.2) is 0 Å². The average molecular weight is 304 g/mol. The van der Waals surface area contributed by atoms with Crippen molar-refractivity contribution in [2.75, 3.05) is 19.0 Å². The van der Waals surface area contributed by atoms with Gasteiger partial charge in [-0.1, -0.05) is 23.8 Å². The first-order valence-electron chi connectivity index (χ1n) is 8.08. The van der Waals surface area contributed by atoms with Crippen molar-refractivity contribution >= 4 is 16.6 Å². The summed E-state index contributed by atoms with van der Waals surface area (Å²) in [6.45, 7) is 6.48. The number of anilines is 1. The summed E-state index contributed by atoms with van der Waals surface area (Å²) in [7, 11) is 4.14. The summed E-state index contributed by atoms with van der Waals surface area (Å²) in [5.74, 6) is 0. The monoisotopic (exact) mass is 304 g/mol. The van der Waals surface area contributed by atoms with Gasteiger partial charge in [0.1, 0.15) is 0 Å². The third-order valence-corrected chi connectivity index (χ3v) is 4.57. The van der Waals surface area contributed by atoms with E-state index in [0.717, 1.165) is 17.6 Å². The van der Waals surface area contributed by atoms with Gasteiger partial charge in [0.05, 0.1) is 5.52 Å². The molecule has 2 aromatic carbocycles. The van der Waals surface area contributed by atoms with E-state index in [-0.39, 0.29) is 0 Å². The molecule has 1 aromatic heterocycles. The van der Waals surface area contributed by atoms with E-state index < -0.39 is 0 Å². The summed E-state index contributed by atoms with van der Waals surface area (Å²) >= 11 is 0. The number of aromatic nitrogens is 1. The SMILES string of the molecule is Cc1ccc2nc(C)c(Cc3ccc(N(C)C)cc3)c(C)c2c1. The van der Waals surface area contributed by atoms with Gasteiger partial charge in [0.25, 0.3) is 0 Å². The Morgan fingerprint density at radius 3 is 2.26 bits per heavy atom. The van der Waals surface area contributed by atoms with Gasteiger partial charge in [-0.15, -0.1) is 0 Å². The molecule has 1 heterocycles. The average Bonchev–Trinajstić information content (AvgIpc) is 2.53. The van der Waals surface area contributed by atoms with E-state index in [0.29, 0.717) is 0 Å². The van der Waals surface area contributed by atoms with Gasteiger partial charge in [0, 0.05) is 30.9 Å². The summed E-state index contributed by atoms with van der Waals surface area (Å²) in [5.41, 5.74) is 8.78. The second-order valence-corrected chi connectivity index (χ2v) is 6.56. The molecule has 0 aliphatic heterocycles. The maximum atomic E-state index is 4.81. The quantitative estimate of drug-likeness (QED) is 0.690. The largest absolute Gasteiger partial charge is 0.378 e. The minimum absolute atomic E-state index is 0.933. The normalized spacial score (nSPS) is 11.0. The van der Waals surface area contributed by atoms with Crippen LogP contribution in [-0.4, -0.2) is 19.1 Å². The molecule has 0 saturated heterocycles. The van der Waals surface area contributed by atoms with Crippen LogP contribution in [0, 0.1) is 20.8 Å². The molecule has 3 aromatic rings. The lowest BCUT2D eigenvalue weighted by Crippen LogP contribution is -2.08. The number of rotatable bonds is 3. The maximum Gasteiger partial charge on any atom is 0.0708 e. The molecule has 0 aliphatic rings. The fourth-order valence-corrected chi connectivity index (χ4v) is 3.11. The van der Waals surface area contributed by atoms with E-state index in [1.807, 2.05) is 0 Å². The molecular formula is C21H24N2. The van der Waals surface area contributed by atoms with E-state index >= 15 is 0 Å². The molecule has 2 heteroatoms. The predicted octanol–water partition coefficient (Wildman–Crippen LogP) is 4.82. The van der Waals surface area contributed by atoms with Gasteiger partial charge < -0.3 is 4.90 Å². The molecule has 118 valence electrons. The number of hydrogen-bond acceptors (Lipinski definition) is 2. The lowest BCUT2D eigenvalue weighted by atomic mass is 9.95. The third kappa shape index (κ3) is 3.07. The topological polar surface area (TPSA) is 16.1 Å². The van der Waals surface area contributed by atoms with Crippen LogP contribution in [0.5, 0.6) is 0 Å². The highest BCUT2D eigenvalue weighted by Crippen LogP contribution is 2.26. The van der Waals surface area contributed by atoms with Crippen molar-refractivity contribution in [3.8, 4) is 0 Å². The van der Waals surface area contributed by atoms with E-state index in [2.05, 4.69) is 82.2 Å². The Balaban J connectivity index is 2.02. The number of nitrogens with zero attached hydrogens (tertiary/aromatic N) is 2. The summed E-state index contributed by atoms with van der Waals surface area (Å²) < 4.78 is 0. The van der Waals surface area contributed by atoms with Crippen LogP contribution in [-0.2, 0) is 6.42 Å². The zero-order valence-corrected chi connectivity index (χ0v) is 14.6. The summed E-state index contributed by atoms with van der Waals surface area (Å²) in [4.78, 5) is 6.94. The minimum Gasteiger partial charge on any atom is -0.378 e. The van der Waals surface area contributed by atoms with Gasteiger partial charge in [-0.05, 0) is 68.1 Å². The molecule has 0 amide bonds. The zero-order valence-electron chi connectivity index (χ0n) is 14.6. The Morgan fingerprint density at radius 2 is 1.61 bits per heavy atom. The summed E-state index contributed by atoms with van der Waals surface area (Å²) in [5, 5.41) is 1.27. The van der Waals surface area contributed by atoms with Crippen molar-refractivity contribution in [3.05, 3.63) is 70.4 Å². The van der Waals surface area contributed by atoms with Crippen molar-refractivity contribution in [1.29, 1.82) is 0 Å². The molecule has 0 N–H and O–H groups in total. The van der Waals surface area contributed by atoms with Gasteiger partial charge in [0.15, 0.2) is 0 Å². The molecule has 23 heavy (non-hydrogen) atoms. The highest BCUT2D eigenvalue weighted by atomic mass is 15.1. The lowest BCUT2D eigenvalue weighted by Gasteiger charge is -2.15. The molecule has 0 unspecified atom stereocenters. The van der Waals surface area contributed by atoms with Crippen LogP contribution in [0.25, 0.3) is 10.9 Å². The van der Waals surface area contributed by atoms with Gasteiger partial charge >= 0.3 is 0 Å². The van der Waals surface area contributed by atoms with Gasteiger partial charge in [-0.2, -0.15) is 0 Å². The van der Waals surface area contributed by atoms with Crippen LogP contribution < -0.4 is 4.90 Å². The van der Waals surface area contributed by atoms with Crippen molar-refractivity contribution in [2.24, 2.45) is 0 Å². The fraction of sp³-hybridized carbons (Fsp3) is 0.286. The van der Waals surface area contributed by atoms with Crippen LogP contribution in [0.1, 0.15) is 27.9 Å². The van der Waals surface area contributed by atoms with Gasteiger partial charge in [0.2, 0.25) is 0 Å². The van der Waals surface area contributed by atoms with E-state index in [1.54, 1.807) is 0 Å². The Labute approximate surface area is 138 Å². The Bertz CT molecular complexity index is 846. The number of fused-ring (bicyclic) bond motifs is 1. The van der Waals surface area contributed by atoms with Crippen molar-refractivity contribution in [2.45, 2.75) is 27.2 Å². The van der Waals surface area contributed by atoms with Crippen molar-refractivity contribution in [3.63, 3.8) is 0 Å². The molecule has 0 saturated carbocycles. The van der Waals surface area contributed by atoms with Crippen LogP contribution in [0.4, 0.5) is 5.69 Å². The zero-order chi connectivity index (χ0) is 16.6. The Kier molecular flexibility index (Phi) is 4.08. The van der Waals surface area contributed by atoms with E-state index in [9.17, 15) is 0 Å². The van der Waals surface area contributed by atoms with Gasteiger partial charge in [-0.3, -0.25) is 4.98 Å². The molecule has 2 nitrogen and oxygen atoms in total. The van der Waals surface area contributed by atoms with Crippen LogP contribution in [0.3, 0.4) is 0 Å². The third-order valence-electron chi connectivity index (χ3n) is 4.57. The fourth-order valence-electron chi connectivity index (χ4n) is 3.11. The first-order valence-corrected chi connectivity index (χ1v) is 8.08. The van der Waals surface area contributed by atoms with E-state index in [4.69, 9.17) is 4.98 Å². The standard InChI is InChI=1S/C21H24N2/c1-14-6-11-21-20(12-14)15(2)19(16(3)22-21)13-17-7-9-18(10-8-17)23(4)5/h6-12H,13H2,1-5H3. The summed E-state index contributed by atoms with van der Waals surface area (Å²) in [6.07, 6.45) is 0.933. The van der Waals surface area contributed by atoms with Crippen LogP contribution >= 0.6 is 0 Å². The predicted molar refractivity (Wildman–Crippen MR) is 99.5 cm³/mol. The lowest BCUT2D eigenvalue weighted by molar-refractivity contribution is 1.07. The second kappa shape index (κ2) is 6.04. The van der Waals surface area contributed by atoms with Crippen molar-refractivity contribution < 1.29 is 0 Å². The van der Waals surface area contributed by atoms with Crippen LogP contribution in [0.2, 0.25) is 0 Å². The molecule has 0 radical (unpaired) electrons. The number of benzene rings is 2. The number of hydrogen-bond donors (Lipinski definition) is 0. The molecule has 0 bridgehead atoms. The molecule has 0 fully saturated rings. The Hall–Kier alpha value is -2.35. The molecule has 0 spiro atoms. The smallest absolute Gasteiger partial charge is 0.0708 e. The Morgan fingerprint density at radius 1 is 0.913 bits per heavy atom. The maximum absolute atomic E-state index is 4.81. The minimum atomic E-state index is 0.933. The number of aryl methyl sites for hydroxylation is 3.